The number of piperidine rings is 1. The number of anilines is 2. The molecule has 1 saturated heterocycles. The third-order valence-electron chi connectivity index (χ3n) is 5.27. The molecular weight excluding hydrogens is 340 g/mol. The smallest absolute Gasteiger partial charge is 0.228 e. The lowest BCUT2D eigenvalue weighted by atomic mass is 9.93. The van der Waals surface area contributed by atoms with Crippen molar-refractivity contribution in [2.75, 3.05) is 18.4 Å². The number of carbonyl (C=O) groups excluding carboxylic acids is 1. The molecule has 1 aliphatic carbocycles. The molecule has 27 heavy (non-hydrogen) atoms. The molecule has 0 spiro atoms. The molecule has 0 radical (unpaired) electrons. The molecule has 7 heteroatoms. The van der Waals surface area contributed by atoms with Crippen LogP contribution in [-0.4, -0.2) is 43.8 Å². The fourth-order valence-electron chi connectivity index (χ4n) is 3.76. The van der Waals surface area contributed by atoms with Crippen molar-refractivity contribution in [2.45, 2.75) is 38.0 Å². The first-order valence-corrected chi connectivity index (χ1v) is 9.58. The fourth-order valence-corrected chi connectivity index (χ4v) is 3.76. The van der Waals surface area contributed by atoms with Crippen molar-refractivity contribution in [3.8, 4) is 0 Å². The fraction of sp³-hybridized carbons (Fsp3) is 0.450. The van der Waals surface area contributed by atoms with E-state index in [2.05, 4.69) is 37.4 Å². The highest BCUT2D eigenvalue weighted by atomic mass is 16.2. The second-order valence-electron chi connectivity index (χ2n) is 7.15. The van der Waals surface area contributed by atoms with Crippen LogP contribution < -0.4 is 5.32 Å². The summed E-state index contributed by atoms with van der Waals surface area (Å²) in [6, 6.07) is 1.77. The molecule has 1 atom stereocenters. The van der Waals surface area contributed by atoms with Crippen LogP contribution in [0.1, 0.15) is 43.7 Å². The summed E-state index contributed by atoms with van der Waals surface area (Å²) >= 11 is 0. The molecule has 1 amide bonds. The molecular formula is C20H24N6O. The standard InChI is InChI=1S/C20H24N6O/c27-19(12-15-4-1-2-5-15)26-10-6-16(7-11-26)17-13-21-14-18(24-17)25-20-22-8-3-9-23-20/h1,3-4,8-9,13-16H,2,5-7,10-12H2,(H,22,23,24,25)/t15-/m0/s1. The van der Waals surface area contributed by atoms with Gasteiger partial charge < -0.3 is 10.2 Å². The molecule has 0 saturated carbocycles. The normalized spacial score (nSPS) is 20.0. The van der Waals surface area contributed by atoms with Gasteiger partial charge in [-0.3, -0.25) is 9.78 Å². The van der Waals surface area contributed by atoms with Crippen LogP contribution in [0.3, 0.4) is 0 Å². The summed E-state index contributed by atoms with van der Waals surface area (Å²) in [5.41, 5.74) is 0.960. The largest absolute Gasteiger partial charge is 0.343 e. The third kappa shape index (κ3) is 4.48. The minimum Gasteiger partial charge on any atom is -0.343 e. The van der Waals surface area contributed by atoms with Crippen LogP contribution >= 0.6 is 0 Å². The summed E-state index contributed by atoms with van der Waals surface area (Å²) in [5.74, 6) is 2.19. The first-order chi connectivity index (χ1) is 13.3. The Kier molecular flexibility index (Phi) is 5.37. The van der Waals surface area contributed by atoms with Gasteiger partial charge in [-0.05, 0) is 37.7 Å². The van der Waals surface area contributed by atoms with Gasteiger partial charge in [-0.1, -0.05) is 12.2 Å². The van der Waals surface area contributed by atoms with Gasteiger partial charge in [0.1, 0.15) is 0 Å². The van der Waals surface area contributed by atoms with Gasteiger partial charge in [0.05, 0.1) is 11.9 Å². The lowest BCUT2D eigenvalue weighted by Gasteiger charge is -2.32. The van der Waals surface area contributed by atoms with E-state index in [1.165, 1.54) is 0 Å². The zero-order valence-corrected chi connectivity index (χ0v) is 15.3. The predicted octanol–water partition coefficient (Wildman–Crippen LogP) is 3.07. The topological polar surface area (TPSA) is 83.9 Å². The highest BCUT2D eigenvalue weighted by Crippen LogP contribution is 2.29. The number of amides is 1. The molecule has 1 fully saturated rings. The summed E-state index contributed by atoms with van der Waals surface area (Å²) in [7, 11) is 0. The van der Waals surface area contributed by atoms with E-state index in [1.54, 1.807) is 24.7 Å². The number of rotatable bonds is 5. The Morgan fingerprint density at radius 1 is 1.15 bits per heavy atom. The van der Waals surface area contributed by atoms with Crippen molar-refractivity contribution in [3.63, 3.8) is 0 Å². The maximum absolute atomic E-state index is 12.5. The van der Waals surface area contributed by atoms with Gasteiger partial charge >= 0.3 is 0 Å². The Labute approximate surface area is 159 Å². The third-order valence-corrected chi connectivity index (χ3v) is 5.27. The molecule has 2 aliphatic rings. The number of allylic oxidation sites excluding steroid dienone is 2. The van der Waals surface area contributed by atoms with Crippen molar-refractivity contribution < 1.29 is 4.79 Å². The van der Waals surface area contributed by atoms with Crippen LogP contribution in [0.2, 0.25) is 0 Å². The second-order valence-corrected chi connectivity index (χ2v) is 7.15. The van der Waals surface area contributed by atoms with Crippen LogP contribution in [0.15, 0.2) is 43.0 Å². The molecule has 7 nitrogen and oxygen atoms in total. The summed E-state index contributed by atoms with van der Waals surface area (Å²) in [6.07, 6.45) is 16.0. The second kappa shape index (κ2) is 8.24. The van der Waals surface area contributed by atoms with Crippen molar-refractivity contribution in [1.29, 1.82) is 0 Å². The molecule has 0 bridgehead atoms. The monoisotopic (exact) mass is 364 g/mol. The number of nitrogens with zero attached hydrogens (tertiary/aromatic N) is 5. The van der Waals surface area contributed by atoms with Crippen LogP contribution in [0.25, 0.3) is 0 Å². The van der Waals surface area contributed by atoms with Crippen molar-refractivity contribution in [3.05, 3.63) is 48.7 Å². The van der Waals surface area contributed by atoms with E-state index >= 15 is 0 Å². The van der Waals surface area contributed by atoms with E-state index in [-0.39, 0.29) is 5.91 Å². The molecule has 1 N–H and O–H groups in total. The van der Waals surface area contributed by atoms with E-state index in [0.717, 1.165) is 44.5 Å². The highest BCUT2D eigenvalue weighted by Gasteiger charge is 2.26. The van der Waals surface area contributed by atoms with E-state index in [0.29, 0.717) is 30.0 Å². The molecule has 4 rings (SSSR count). The number of hydrogen-bond donors (Lipinski definition) is 1. The molecule has 1 aliphatic heterocycles. The lowest BCUT2D eigenvalue weighted by molar-refractivity contribution is -0.132. The molecule has 2 aromatic rings. The number of hydrogen-bond acceptors (Lipinski definition) is 6. The van der Waals surface area contributed by atoms with Crippen LogP contribution in [0.5, 0.6) is 0 Å². The Balaban J connectivity index is 1.33. The van der Waals surface area contributed by atoms with Gasteiger partial charge in [0, 0.05) is 44.0 Å². The summed E-state index contributed by atoms with van der Waals surface area (Å²) < 4.78 is 0. The first-order valence-electron chi connectivity index (χ1n) is 9.58. The van der Waals surface area contributed by atoms with Crippen molar-refractivity contribution in [2.24, 2.45) is 5.92 Å². The van der Waals surface area contributed by atoms with Crippen LogP contribution in [0.4, 0.5) is 11.8 Å². The van der Waals surface area contributed by atoms with Crippen molar-refractivity contribution in [1.82, 2.24) is 24.8 Å². The average molecular weight is 364 g/mol. The summed E-state index contributed by atoms with van der Waals surface area (Å²) in [6.45, 7) is 1.59. The molecule has 0 unspecified atom stereocenters. The maximum Gasteiger partial charge on any atom is 0.228 e. The average Bonchev–Trinajstić information content (AvgIpc) is 3.22. The van der Waals surface area contributed by atoms with Crippen LogP contribution in [-0.2, 0) is 4.79 Å². The Morgan fingerprint density at radius 3 is 2.70 bits per heavy atom. The highest BCUT2D eigenvalue weighted by molar-refractivity contribution is 5.76. The van der Waals surface area contributed by atoms with E-state index in [4.69, 9.17) is 0 Å². The SMILES string of the molecule is O=C(C[C@H]1C=CCC1)N1CCC(c2cncc(Nc3ncccn3)n2)CC1. The summed E-state index contributed by atoms with van der Waals surface area (Å²) in [4.78, 5) is 31.8. The quantitative estimate of drug-likeness (QED) is 0.821. The lowest BCUT2D eigenvalue weighted by Crippen LogP contribution is -2.38. The molecule has 140 valence electrons. The Morgan fingerprint density at radius 2 is 1.96 bits per heavy atom. The molecule has 2 aromatic heterocycles. The Hall–Kier alpha value is -2.83. The van der Waals surface area contributed by atoms with E-state index in [1.807, 2.05) is 11.1 Å². The number of likely N-dealkylation sites (tertiary alicyclic amines) is 1. The number of carbonyl (C=O) groups is 1. The van der Waals surface area contributed by atoms with Gasteiger partial charge in [0.15, 0.2) is 5.82 Å². The van der Waals surface area contributed by atoms with E-state index in [9.17, 15) is 4.79 Å². The first kappa shape index (κ1) is 17.6. The van der Waals surface area contributed by atoms with Crippen LogP contribution in [0, 0.1) is 5.92 Å². The Bertz CT molecular complexity index is 801. The van der Waals surface area contributed by atoms with E-state index < -0.39 is 0 Å². The summed E-state index contributed by atoms with van der Waals surface area (Å²) in [5, 5.41) is 3.08. The van der Waals surface area contributed by atoms with Gasteiger partial charge in [0.2, 0.25) is 11.9 Å². The van der Waals surface area contributed by atoms with Gasteiger partial charge in [0.25, 0.3) is 0 Å². The number of nitrogens with one attached hydrogen (secondary N) is 1. The minimum absolute atomic E-state index is 0.285. The molecule has 0 aromatic carbocycles. The molecule has 3 heterocycles. The van der Waals surface area contributed by atoms with Gasteiger partial charge in [-0.25, -0.2) is 15.0 Å². The predicted molar refractivity (Wildman–Crippen MR) is 102 cm³/mol. The zero-order chi connectivity index (χ0) is 18.5. The zero-order valence-electron chi connectivity index (χ0n) is 15.3. The van der Waals surface area contributed by atoms with Gasteiger partial charge in [-0.15, -0.1) is 0 Å². The van der Waals surface area contributed by atoms with Crippen molar-refractivity contribution >= 4 is 17.7 Å². The van der Waals surface area contributed by atoms with Gasteiger partial charge in [-0.2, -0.15) is 0 Å². The maximum atomic E-state index is 12.5. The number of aromatic nitrogens is 4. The minimum atomic E-state index is 0.285.